The van der Waals surface area contributed by atoms with Gasteiger partial charge in [-0.2, -0.15) is 0 Å². The van der Waals surface area contributed by atoms with Gasteiger partial charge in [0, 0.05) is 6.54 Å². The summed E-state index contributed by atoms with van der Waals surface area (Å²) in [5.74, 6) is -0.260. The first kappa shape index (κ1) is 21.7. The average Bonchev–Trinajstić information content (AvgIpc) is 2.76. The van der Waals surface area contributed by atoms with Crippen LogP contribution >= 0.6 is 0 Å². The van der Waals surface area contributed by atoms with E-state index in [0.29, 0.717) is 18.7 Å². The van der Waals surface area contributed by atoms with Crippen molar-refractivity contribution in [2.24, 2.45) is 0 Å². The lowest BCUT2D eigenvalue weighted by Gasteiger charge is -2.09. The predicted molar refractivity (Wildman–Crippen MR) is 106 cm³/mol. The molecule has 0 aliphatic rings. The van der Waals surface area contributed by atoms with E-state index in [0.717, 1.165) is 11.3 Å². The first-order valence-corrected chi connectivity index (χ1v) is 9.06. The molecule has 8 heteroatoms. The second-order valence-corrected chi connectivity index (χ2v) is 5.99. The number of rotatable bonds is 11. The summed E-state index contributed by atoms with van der Waals surface area (Å²) in [6.07, 6.45) is 0.640. The molecule has 154 valence electrons. The van der Waals surface area contributed by atoms with Crippen LogP contribution in [0.3, 0.4) is 0 Å². The maximum atomic E-state index is 11.7. The third-order valence-corrected chi connectivity index (χ3v) is 3.80. The molecule has 0 radical (unpaired) electrons. The lowest BCUT2D eigenvalue weighted by Crippen LogP contribution is -2.36. The molecule has 0 bridgehead atoms. The summed E-state index contributed by atoms with van der Waals surface area (Å²) in [6, 6.07) is 16.3. The van der Waals surface area contributed by atoms with Crippen LogP contribution < -0.4 is 20.1 Å². The number of carbonyl (C=O) groups is 3. The minimum absolute atomic E-state index is 0.219. The highest BCUT2D eigenvalue weighted by Gasteiger charge is 2.10. The Morgan fingerprint density at radius 3 is 2.21 bits per heavy atom. The van der Waals surface area contributed by atoms with E-state index in [9.17, 15) is 14.4 Å². The average molecular weight is 400 g/mol. The molecule has 2 N–H and O–H groups in total. The summed E-state index contributed by atoms with van der Waals surface area (Å²) < 4.78 is 15.2. The molecule has 0 saturated heterocycles. The highest BCUT2D eigenvalue weighted by Crippen LogP contribution is 2.11. The molecule has 0 fully saturated rings. The van der Waals surface area contributed by atoms with Crippen molar-refractivity contribution in [3.05, 3.63) is 60.2 Å². The van der Waals surface area contributed by atoms with Crippen LogP contribution in [0.25, 0.3) is 0 Å². The molecular formula is C21H24N2O6. The van der Waals surface area contributed by atoms with Gasteiger partial charge in [-0.15, -0.1) is 0 Å². The molecular weight excluding hydrogens is 376 g/mol. The van der Waals surface area contributed by atoms with Crippen molar-refractivity contribution >= 4 is 17.8 Å². The van der Waals surface area contributed by atoms with Gasteiger partial charge in [0.15, 0.2) is 13.2 Å². The number of methoxy groups -OCH3 is 1. The molecule has 2 aromatic rings. The number of amides is 2. The van der Waals surface area contributed by atoms with Gasteiger partial charge in [-0.05, 0) is 36.2 Å². The van der Waals surface area contributed by atoms with E-state index >= 15 is 0 Å². The Bertz CT molecular complexity index is 793. The first-order chi connectivity index (χ1) is 14.1. The fourth-order valence-corrected chi connectivity index (χ4v) is 2.27. The van der Waals surface area contributed by atoms with Gasteiger partial charge in [-0.3, -0.25) is 14.4 Å². The van der Waals surface area contributed by atoms with Gasteiger partial charge in [0.2, 0.25) is 0 Å². The summed E-state index contributed by atoms with van der Waals surface area (Å²) in [4.78, 5) is 35.0. The highest BCUT2D eigenvalue weighted by molar-refractivity contribution is 5.84. The standard InChI is InChI=1S/C21H24N2O6/c1-27-17-9-7-16(8-10-17)11-12-22-19(24)15-29-21(26)13-23-20(25)14-28-18-5-3-2-4-6-18/h2-10H,11-15H2,1H3,(H,22,24)(H,23,25). The van der Waals surface area contributed by atoms with E-state index < -0.39 is 24.4 Å². The lowest BCUT2D eigenvalue weighted by atomic mass is 10.1. The van der Waals surface area contributed by atoms with Crippen molar-refractivity contribution in [1.29, 1.82) is 0 Å². The number of esters is 1. The van der Waals surface area contributed by atoms with Gasteiger partial charge < -0.3 is 24.8 Å². The molecule has 0 aromatic heterocycles. The molecule has 0 aliphatic heterocycles. The highest BCUT2D eigenvalue weighted by atomic mass is 16.5. The summed E-state index contributed by atoms with van der Waals surface area (Å²) in [5.41, 5.74) is 1.04. The molecule has 29 heavy (non-hydrogen) atoms. The number of hydrogen-bond donors (Lipinski definition) is 2. The number of hydrogen-bond acceptors (Lipinski definition) is 6. The fraction of sp³-hybridized carbons (Fsp3) is 0.286. The Morgan fingerprint density at radius 2 is 1.52 bits per heavy atom. The number of carbonyl (C=O) groups excluding carboxylic acids is 3. The summed E-state index contributed by atoms with van der Waals surface area (Å²) in [7, 11) is 1.60. The van der Waals surface area contributed by atoms with Crippen LogP contribution in [0.1, 0.15) is 5.56 Å². The van der Waals surface area contributed by atoms with Gasteiger partial charge >= 0.3 is 5.97 Å². The van der Waals surface area contributed by atoms with Crippen LogP contribution in [0.4, 0.5) is 0 Å². The van der Waals surface area contributed by atoms with E-state index in [2.05, 4.69) is 10.6 Å². The van der Waals surface area contributed by atoms with Crippen molar-refractivity contribution in [2.75, 3.05) is 33.4 Å². The molecule has 0 heterocycles. The van der Waals surface area contributed by atoms with Gasteiger partial charge in [0.25, 0.3) is 11.8 Å². The number of benzene rings is 2. The number of para-hydroxylation sites is 1. The lowest BCUT2D eigenvalue weighted by molar-refractivity contribution is -0.148. The van der Waals surface area contributed by atoms with Crippen LogP contribution in [-0.2, 0) is 25.5 Å². The fourth-order valence-electron chi connectivity index (χ4n) is 2.27. The van der Waals surface area contributed by atoms with Crippen LogP contribution in [-0.4, -0.2) is 51.2 Å². The van der Waals surface area contributed by atoms with Crippen LogP contribution in [0.5, 0.6) is 11.5 Å². The Labute approximate surface area is 169 Å². The van der Waals surface area contributed by atoms with E-state index in [4.69, 9.17) is 14.2 Å². The van der Waals surface area contributed by atoms with E-state index in [1.807, 2.05) is 30.3 Å². The summed E-state index contributed by atoms with van der Waals surface area (Å²) in [5, 5.41) is 5.03. The van der Waals surface area contributed by atoms with Crippen molar-refractivity contribution in [3.63, 3.8) is 0 Å². The molecule has 0 saturated carbocycles. The zero-order valence-electron chi connectivity index (χ0n) is 16.2. The van der Waals surface area contributed by atoms with E-state index in [-0.39, 0.29) is 13.2 Å². The summed E-state index contributed by atoms with van der Waals surface area (Å²) in [6.45, 7) is -0.548. The molecule has 0 aliphatic carbocycles. The topological polar surface area (TPSA) is 103 Å². The van der Waals surface area contributed by atoms with Crippen LogP contribution in [0, 0.1) is 0 Å². The monoisotopic (exact) mass is 400 g/mol. The number of ether oxygens (including phenoxy) is 3. The van der Waals surface area contributed by atoms with Gasteiger partial charge in [-0.1, -0.05) is 30.3 Å². The zero-order valence-corrected chi connectivity index (χ0v) is 16.2. The second kappa shape index (κ2) is 12.0. The van der Waals surface area contributed by atoms with Gasteiger partial charge in [0.1, 0.15) is 18.0 Å². The van der Waals surface area contributed by atoms with Gasteiger partial charge in [-0.25, -0.2) is 0 Å². The molecule has 8 nitrogen and oxygen atoms in total. The quantitative estimate of drug-likeness (QED) is 0.548. The minimum Gasteiger partial charge on any atom is -0.497 e. The molecule has 0 spiro atoms. The largest absolute Gasteiger partial charge is 0.497 e. The zero-order chi connectivity index (χ0) is 20.9. The Hall–Kier alpha value is -3.55. The molecule has 0 unspecified atom stereocenters. The molecule has 0 atom stereocenters. The summed E-state index contributed by atoms with van der Waals surface area (Å²) >= 11 is 0. The maximum Gasteiger partial charge on any atom is 0.325 e. The Kier molecular flexibility index (Phi) is 9.01. The van der Waals surface area contributed by atoms with Crippen molar-refractivity contribution < 1.29 is 28.6 Å². The smallest absolute Gasteiger partial charge is 0.325 e. The molecule has 2 rings (SSSR count). The van der Waals surface area contributed by atoms with Crippen LogP contribution in [0.2, 0.25) is 0 Å². The van der Waals surface area contributed by atoms with E-state index in [1.165, 1.54) is 0 Å². The van der Waals surface area contributed by atoms with Crippen LogP contribution in [0.15, 0.2) is 54.6 Å². The SMILES string of the molecule is COc1ccc(CCNC(=O)COC(=O)CNC(=O)COc2ccccc2)cc1. The first-order valence-electron chi connectivity index (χ1n) is 9.06. The molecule has 2 aromatic carbocycles. The predicted octanol–water partition coefficient (Wildman–Crippen LogP) is 1.09. The van der Waals surface area contributed by atoms with Crippen molar-refractivity contribution in [1.82, 2.24) is 10.6 Å². The Morgan fingerprint density at radius 1 is 0.828 bits per heavy atom. The third-order valence-electron chi connectivity index (χ3n) is 3.80. The molecule has 2 amide bonds. The van der Waals surface area contributed by atoms with Crippen molar-refractivity contribution in [3.8, 4) is 11.5 Å². The third kappa shape index (κ3) is 8.79. The second-order valence-electron chi connectivity index (χ2n) is 5.99. The maximum absolute atomic E-state index is 11.7. The minimum atomic E-state index is -0.705. The van der Waals surface area contributed by atoms with Gasteiger partial charge in [0.05, 0.1) is 7.11 Å². The van der Waals surface area contributed by atoms with E-state index in [1.54, 1.807) is 31.4 Å². The Balaban J connectivity index is 1.54. The normalized spacial score (nSPS) is 9.97. The van der Waals surface area contributed by atoms with Crippen molar-refractivity contribution in [2.45, 2.75) is 6.42 Å². The number of nitrogens with one attached hydrogen (secondary N) is 2.